The van der Waals surface area contributed by atoms with Crippen molar-refractivity contribution >= 4 is 0 Å². The van der Waals surface area contributed by atoms with Gasteiger partial charge in [-0.3, -0.25) is 0 Å². The molecular weight excluding hydrogens is 266 g/mol. The Hall–Kier alpha value is 1.03. The maximum Gasteiger partial charge on any atom is 1.00 e. The van der Waals surface area contributed by atoms with Crippen molar-refractivity contribution in [3.8, 4) is 0 Å². The zero-order valence-corrected chi connectivity index (χ0v) is 15.6. The molecule has 82 valence electrons. The van der Waals surface area contributed by atoms with E-state index in [2.05, 4.69) is 25.1 Å². The molecule has 0 saturated heterocycles. The van der Waals surface area contributed by atoms with Gasteiger partial charge in [0.05, 0.1) is 0 Å². The van der Waals surface area contributed by atoms with Crippen LogP contribution in [0.2, 0.25) is 0 Å². The predicted octanol–water partition coefficient (Wildman–Crippen LogP) is 1.25. The van der Waals surface area contributed by atoms with E-state index in [4.69, 9.17) is 0 Å². The maximum atomic E-state index is 3.08. The van der Waals surface area contributed by atoms with Gasteiger partial charge in [-0.1, -0.05) is 39.0 Å². The fourth-order valence-electron chi connectivity index (χ4n) is 2.58. The van der Waals surface area contributed by atoms with E-state index in [1.165, 1.54) is 44.1 Å². The molecule has 1 saturated carbocycles. The van der Waals surface area contributed by atoms with Crippen LogP contribution in [-0.4, -0.2) is 0 Å². The summed E-state index contributed by atoms with van der Waals surface area (Å²) < 4.78 is 0. The quantitative estimate of drug-likeness (QED) is 0.734. The Balaban J connectivity index is 0.00000128. The SMILES string of the molecule is CC1CCC(CCc2cc[c-]cc2)CC1.[Rb+]. The van der Waals surface area contributed by atoms with E-state index < -0.39 is 0 Å². The first kappa shape index (κ1) is 15.1. The van der Waals surface area contributed by atoms with Crippen LogP contribution in [0.4, 0.5) is 0 Å². The van der Waals surface area contributed by atoms with Crippen molar-refractivity contribution in [1.29, 1.82) is 0 Å². The summed E-state index contributed by atoms with van der Waals surface area (Å²) in [6.07, 6.45) is 8.46. The van der Waals surface area contributed by atoms with Crippen LogP contribution in [0.5, 0.6) is 0 Å². The molecule has 0 bridgehead atoms. The first-order chi connectivity index (χ1) is 7.34. The fraction of sp³-hybridized carbons (Fsp3) is 0.600. The molecular formula is C15H21Rb. The summed E-state index contributed by atoms with van der Waals surface area (Å²) in [5.41, 5.74) is 1.48. The molecule has 0 spiro atoms. The molecule has 1 aliphatic rings. The van der Waals surface area contributed by atoms with E-state index in [0.717, 1.165) is 11.8 Å². The molecule has 2 rings (SSSR count). The van der Waals surface area contributed by atoms with E-state index in [0.29, 0.717) is 0 Å². The Bertz CT molecular complexity index is 273. The molecule has 0 nitrogen and oxygen atoms in total. The molecule has 0 N–H and O–H groups in total. The zero-order chi connectivity index (χ0) is 10.5. The largest absolute Gasteiger partial charge is 1.00 e. The Morgan fingerprint density at radius 2 is 1.75 bits per heavy atom. The van der Waals surface area contributed by atoms with Crippen LogP contribution in [0.3, 0.4) is 0 Å². The van der Waals surface area contributed by atoms with Gasteiger partial charge in [0.1, 0.15) is 0 Å². The second kappa shape index (κ2) is 8.18. The van der Waals surface area contributed by atoms with Gasteiger partial charge in [0.15, 0.2) is 0 Å². The third-order valence-electron chi connectivity index (χ3n) is 3.76. The van der Waals surface area contributed by atoms with Crippen molar-refractivity contribution in [3.05, 3.63) is 35.9 Å². The van der Waals surface area contributed by atoms with Gasteiger partial charge >= 0.3 is 58.2 Å². The number of rotatable bonds is 3. The summed E-state index contributed by atoms with van der Waals surface area (Å²) in [5.74, 6) is 1.97. The number of aryl methyl sites for hydroxylation is 1. The minimum atomic E-state index is 0. The van der Waals surface area contributed by atoms with Crippen molar-refractivity contribution in [2.75, 3.05) is 0 Å². The van der Waals surface area contributed by atoms with Gasteiger partial charge in [0, 0.05) is 0 Å². The monoisotopic (exact) mass is 286 g/mol. The Kier molecular flexibility index (Phi) is 7.72. The predicted molar refractivity (Wildman–Crippen MR) is 64.7 cm³/mol. The van der Waals surface area contributed by atoms with Crippen LogP contribution in [-0.2, 0) is 6.42 Å². The topological polar surface area (TPSA) is 0 Å². The number of benzene rings is 1. The standard InChI is InChI=1S/C15H21.Rb/c1-13-7-9-15(10-8-13)12-11-14-5-3-2-4-6-14;/h3-6,13,15H,7-12H2,1H3;/q-1;+1. The summed E-state index contributed by atoms with van der Waals surface area (Å²) in [6.45, 7) is 2.39. The van der Waals surface area contributed by atoms with Crippen LogP contribution >= 0.6 is 0 Å². The molecule has 0 atom stereocenters. The molecule has 1 fully saturated rings. The zero-order valence-electron chi connectivity index (χ0n) is 10.7. The Morgan fingerprint density at radius 1 is 1.12 bits per heavy atom. The van der Waals surface area contributed by atoms with Crippen molar-refractivity contribution < 1.29 is 58.2 Å². The van der Waals surface area contributed by atoms with E-state index in [-0.39, 0.29) is 58.2 Å². The summed E-state index contributed by atoms with van der Waals surface area (Å²) in [6, 6.07) is 11.5. The van der Waals surface area contributed by atoms with Crippen molar-refractivity contribution in [3.63, 3.8) is 0 Å². The minimum Gasteiger partial charge on any atom is -0.184 e. The van der Waals surface area contributed by atoms with E-state index in [9.17, 15) is 0 Å². The fourth-order valence-corrected chi connectivity index (χ4v) is 2.58. The van der Waals surface area contributed by atoms with E-state index >= 15 is 0 Å². The Morgan fingerprint density at radius 3 is 2.38 bits per heavy atom. The maximum absolute atomic E-state index is 3.08. The van der Waals surface area contributed by atoms with Crippen molar-refractivity contribution in [2.24, 2.45) is 11.8 Å². The van der Waals surface area contributed by atoms with Crippen molar-refractivity contribution in [1.82, 2.24) is 0 Å². The molecule has 0 unspecified atom stereocenters. The average Bonchev–Trinajstić information content (AvgIpc) is 2.30. The molecule has 0 heterocycles. The van der Waals surface area contributed by atoms with Crippen LogP contribution in [0.1, 0.15) is 44.6 Å². The first-order valence-corrected chi connectivity index (χ1v) is 6.29. The smallest absolute Gasteiger partial charge is 0.184 e. The Labute approximate surface area is 149 Å². The number of hydrogen-bond acceptors (Lipinski definition) is 0. The molecule has 0 aliphatic heterocycles. The van der Waals surface area contributed by atoms with E-state index in [1.807, 2.05) is 12.1 Å². The molecule has 1 aromatic carbocycles. The first-order valence-electron chi connectivity index (χ1n) is 6.29. The van der Waals surface area contributed by atoms with Gasteiger partial charge in [0.2, 0.25) is 0 Å². The van der Waals surface area contributed by atoms with Gasteiger partial charge in [-0.2, -0.15) is 35.9 Å². The third kappa shape index (κ3) is 5.12. The van der Waals surface area contributed by atoms with Gasteiger partial charge in [0.25, 0.3) is 0 Å². The van der Waals surface area contributed by atoms with Crippen LogP contribution in [0.25, 0.3) is 0 Å². The second-order valence-electron chi connectivity index (χ2n) is 5.07. The van der Waals surface area contributed by atoms with Crippen molar-refractivity contribution in [2.45, 2.75) is 45.4 Å². The van der Waals surface area contributed by atoms with E-state index in [1.54, 1.807) is 0 Å². The van der Waals surface area contributed by atoms with Gasteiger partial charge in [-0.15, -0.1) is 0 Å². The van der Waals surface area contributed by atoms with Crippen LogP contribution in [0, 0.1) is 17.9 Å². The number of hydrogen-bond donors (Lipinski definition) is 0. The van der Waals surface area contributed by atoms with Gasteiger partial charge in [-0.25, -0.2) is 0 Å². The van der Waals surface area contributed by atoms with Crippen LogP contribution < -0.4 is 58.2 Å². The average molecular weight is 287 g/mol. The summed E-state index contributed by atoms with van der Waals surface area (Å²) >= 11 is 0. The normalized spacial score (nSPS) is 24.8. The second-order valence-corrected chi connectivity index (χ2v) is 5.07. The molecule has 16 heavy (non-hydrogen) atoms. The summed E-state index contributed by atoms with van der Waals surface area (Å²) in [4.78, 5) is 0. The molecule has 1 heteroatoms. The van der Waals surface area contributed by atoms with Gasteiger partial charge in [-0.05, 0) is 18.3 Å². The molecule has 1 aliphatic carbocycles. The molecule has 1 aromatic rings. The molecule has 0 aromatic heterocycles. The molecule has 0 amide bonds. The van der Waals surface area contributed by atoms with Crippen LogP contribution in [0.15, 0.2) is 24.3 Å². The minimum absolute atomic E-state index is 0. The third-order valence-corrected chi connectivity index (χ3v) is 3.76. The molecule has 0 radical (unpaired) electrons. The summed E-state index contributed by atoms with van der Waals surface area (Å²) in [5, 5.41) is 0. The van der Waals surface area contributed by atoms with Gasteiger partial charge < -0.3 is 0 Å². The summed E-state index contributed by atoms with van der Waals surface area (Å²) in [7, 11) is 0.